The van der Waals surface area contributed by atoms with Crippen molar-refractivity contribution < 1.29 is 18.7 Å². The molecule has 0 saturated heterocycles. The summed E-state index contributed by atoms with van der Waals surface area (Å²) in [5, 5.41) is 17.6. The minimum atomic E-state index is -0.535. The lowest BCUT2D eigenvalue weighted by molar-refractivity contribution is -0.384. The van der Waals surface area contributed by atoms with E-state index in [4.69, 9.17) is 8.94 Å². The molecule has 134 valence electrons. The summed E-state index contributed by atoms with van der Waals surface area (Å²) in [6.45, 7) is 3.79. The number of carbonyl (C=O) groups excluding carboxylic acids is 1. The number of hydrogen-bond acceptors (Lipinski definition) is 7. The largest absolute Gasteiger partial charge is 0.459 e. The van der Waals surface area contributed by atoms with Gasteiger partial charge in [0.2, 0.25) is 11.7 Å². The van der Waals surface area contributed by atoms with Gasteiger partial charge < -0.3 is 14.3 Å². The fraction of sp³-hybridized carbons (Fsp3) is 0.235. The molecule has 3 aromatic rings. The van der Waals surface area contributed by atoms with Gasteiger partial charge in [-0.25, -0.2) is 0 Å². The summed E-state index contributed by atoms with van der Waals surface area (Å²) in [7, 11) is 0. The molecule has 9 heteroatoms. The minimum absolute atomic E-state index is 0.0349. The number of nitro groups is 1. The molecule has 0 aliphatic heterocycles. The smallest absolute Gasteiger partial charge is 0.287 e. The highest BCUT2D eigenvalue weighted by atomic mass is 16.6. The van der Waals surface area contributed by atoms with Gasteiger partial charge in [0.1, 0.15) is 6.04 Å². The SMILES string of the molecule is CC(C)C(NC(=O)c1ccco1)c1nc(-c2cccc([N+](=O)[O-])c2)no1. The van der Waals surface area contributed by atoms with Gasteiger partial charge in [-0.15, -0.1) is 0 Å². The number of carbonyl (C=O) groups is 1. The van der Waals surface area contributed by atoms with Crippen molar-refractivity contribution in [1.29, 1.82) is 0 Å². The second kappa shape index (κ2) is 7.18. The summed E-state index contributed by atoms with van der Waals surface area (Å²) >= 11 is 0. The Kier molecular flexibility index (Phi) is 4.78. The Morgan fingerprint density at radius 3 is 2.73 bits per heavy atom. The first kappa shape index (κ1) is 17.3. The molecule has 0 fully saturated rings. The van der Waals surface area contributed by atoms with Crippen LogP contribution in [0, 0.1) is 16.0 Å². The van der Waals surface area contributed by atoms with Crippen LogP contribution < -0.4 is 5.32 Å². The van der Waals surface area contributed by atoms with Crippen LogP contribution in [-0.4, -0.2) is 21.0 Å². The normalized spacial score (nSPS) is 12.1. The zero-order valence-corrected chi connectivity index (χ0v) is 14.1. The first-order valence-corrected chi connectivity index (χ1v) is 7.88. The Morgan fingerprint density at radius 1 is 1.27 bits per heavy atom. The van der Waals surface area contributed by atoms with E-state index in [9.17, 15) is 14.9 Å². The van der Waals surface area contributed by atoms with Gasteiger partial charge in [0, 0.05) is 17.7 Å². The lowest BCUT2D eigenvalue weighted by Crippen LogP contribution is -2.31. The van der Waals surface area contributed by atoms with Gasteiger partial charge >= 0.3 is 0 Å². The third-order valence-corrected chi connectivity index (χ3v) is 3.72. The Morgan fingerprint density at radius 2 is 2.08 bits per heavy atom. The number of furan rings is 1. The van der Waals surface area contributed by atoms with Crippen LogP contribution in [0.2, 0.25) is 0 Å². The molecule has 9 nitrogen and oxygen atoms in total. The number of nitrogens with zero attached hydrogens (tertiary/aromatic N) is 3. The summed E-state index contributed by atoms with van der Waals surface area (Å²) in [5.74, 6) is 0.160. The summed E-state index contributed by atoms with van der Waals surface area (Å²) < 4.78 is 10.4. The van der Waals surface area contributed by atoms with Crippen LogP contribution in [0.3, 0.4) is 0 Å². The number of aromatic nitrogens is 2. The van der Waals surface area contributed by atoms with Crippen LogP contribution in [-0.2, 0) is 0 Å². The number of nitrogens with one attached hydrogen (secondary N) is 1. The summed E-state index contributed by atoms with van der Waals surface area (Å²) in [4.78, 5) is 26.9. The molecule has 2 heterocycles. The number of rotatable bonds is 6. The molecule has 0 aliphatic rings. The molecule has 26 heavy (non-hydrogen) atoms. The number of non-ortho nitro benzene ring substituents is 1. The van der Waals surface area contributed by atoms with Crippen LogP contribution in [0.5, 0.6) is 0 Å². The van der Waals surface area contributed by atoms with Gasteiger partial charge in [0.25, 0.3) is 11.6 Å². The van der Waals surface area contributed by atoms with Crippen molar-refractivity contribution in [2.45, 2.75) is 19.9 Å². The maximum atomic E-state index is 12.2. The number of benzene rings is 1. The fourth-order valence-corrected chi connectivity index (χ4v) is 2.37. The lowest BCUT2D eigenvalue weighted by Gasteiger charge is -2.17. The predicted octanol–water partition coefficient (Wildman–Crippen LogP) is 3.36. The second-order valence-corrected chi connectivity index (χ2v) is 5.94. The summed E-state index contributed by atoms with van der Waals surface area (Å²) in [5.41, 5.74) is 0.384. The summed E-state index contributed by atoms with van der Waals surface area (Å²) in [6, 6.07) is 8.56. The van der Waals surface area contributed by atoms with Gasteiger partial charge in [-0.1, -0.05) is 31.1 Å². The maximum absolute atomic E-state index is 12.2. The lowest BCUT2D eigenvalue weighted by atomic mass is 10.0. The highest BCUT2D eigenvalue weighted by Crippen LogP contribution is 2.26. The molecule has 1 amide bonds. The average molecular weight is 356 g/mol. The van der Waals surface area contributed by atoms with E-state index in [0.29, 0.717) is 5.56 Å². The van der Waals surface area contributed by atoms with E-state index in [2.05, 4.69) is 15.5 Å². The zero-order valence-electron chi connectivity index (χ0n) is 14.1. The molecule has 2 aromatic heterocycles. The van der Waals surface area contributed by atoms with Gasteiger partial charge in [0.05, 0.1) is 11.2 Å². The molecular weight excluding hydrogens is 340 g/mol. The Labute approximate surface area is 148 Å². The Bertz CT molecular complexity index is 917. The highest BCUT2D eigenvalue weighted by molar-refractivity contribution is 5.91. The highest BCUT2D eigenvalue weighted by Gasteiger charge is 2.26. The first-order chi connectivity index (χ1) is 12.5. The molecule has 0 aliphatic carbocycles. The van der Waals surface area contributed by atoms with Crippen molar-refractivity contribution in [1.82, 2.24) is 15.5 Å². The van der Waals surface area contributed by atoms with Gasteiger partial charge in [0.15, 0.2) is 5.76 Å². The van der Waals surface area contributed by atoms with Crippen molar-refractivity contribution in [3.63, 3.8) is 0 Å². The topological polar surface area (TPSA) is 124 Å². The second-order valence-electron chi connectivity index (χ2n) is 5.94. The number of hydrogen-bond donors (Lipinski definition) is 1. The van der Waals surface area contributed by atoms with Crippen LogP contribution >= 0.6 is 0 Å². The first-order valence-electron chi connectivity index (χ1n) is 7.88. The maximum Gasteiger partial charge on any atom is 0.287 e. The fourth-order valence-electron chi connectivity index (χ4n) is 2.37. The third kappa shape index (κ3) is 3.61. The van der Waals surface area contributed by atoms with E-state index in [0.717, 1.165) is 0 Å². The van der Waals surface area contributed by atoms with E-state index >= 15 is 0 Å². The summed E-state index contributed by atoms with van der Waals surface area (Å²) in [6.07, 6.45) is 1.41. The van der Waals surface area contributed by atoms with Gasteiger partial charge in [-0.2, -0.15) is 4.98 Å². The Hall–Kier alpha value is -3.49. The molecule has 1 aromatic carbocycles. The minimum Gasteiger partial charge on any atom is -0.459 e. The van der Waals surface area contributed by atoms with E-state index in [1.807, 2.05) is 13.8 Å². The number of nitro benzene ring substituents is 1. The van der Waals surface area contributed by atoms with Crippen molar-refractivity contribution in [3.05, 3.63) is 64.4 Å². The van der Waals surface area contributed by atoms with Gasteiger partial charge in [-0.05, 0) is 18.1 Å². The monoisotopic (exact) mass is 356 g/mol. The Balaban J connectivity index is 1.85. The number of amides is 1. The molecular formula is C17H16N4O5. The van der Waals surface area contributed by atoms with Crippen molar-refractivity contribution in [3.8, 4) is 11.4 Å². The zero-order chi connectivity index (χ0) is 18.7. The average Bonchev–Trinajstić information content (AvgIpc) is 3.31. The van der Waals surface area contributed by atoms with Crippen molar-refractivity contribution in [2.24, 2.45) is 5.92 Å². The van der Waals surface area contributed by atoms with E-state index in [1.165, 1.54) is 18.4 Å². The molecule has 0 bridgehead atoms. The van der Waals surface area contributed by atoms with Crippen LogP contribution in [0.25, 0.3) is 11.4 Å². The van der Waals surface area contributed by atoms with Gasteiger partial charge in [-0.3, -0.25) is 14.9 Å². The predicted molar refractivity (Wildman–Crippen MR) is 90.1 cm³/mol. The van der Waals surface area contributed by atoms with E-state index in [1.54, 1.807) is 24.3 Å². The molecule has 1 N–H and O–H groups in total. The standard InChI is InChI=1S/C17H16N4O5/c1-10(2)14(18-16(22)13-7-4-8-25-13)17-19-15(20-26-17)11-5-3-6-12(9-11)21(23)24/h3-10,14H,1-2H3,(H,18,22). The van der Waals surface area contributed by atoms with E-state index < -0.39 is 16.9 Å². The van der Waals surface area contributed by atoms with Crippen LogP contribution in [0.15, 0.2) is 51.6 Å². The molecule has 0 spiro atoms. The third-order valence-electron chi connectivity index (χ3n) is 3.72. The molecule has 0 radical (unpaired) electrons. The molecule has 1 atom stereocenters. The van der Waals surface area contributed by atoms with Crippen molar-refractivity contribution in [2.75, 3.05) is 0 Å². The molecule has 3 rings (SSSR count). The van der Waals surface area contributed by atoms with Crippen LogP contribution in [0.4, 0.5) is 5.69 Å². The molecule has 0 saturated carbocycles. The van der Waals surface area contributed by atoms with Crippen molar-refractivity contribution >= 4 is 11.6 Å². The quantitative estimate of drug-likeness (QED) is 0.530. The van der Waals surface area contributed by atoms with Crippen LogP contribution in [0.1, 0.15) is 36.3 Å². The molecule has 1 unspecified atom stereocenters. The van der Waals surface area contributed by atoms with E-state index in [-0.39, 0.29) is 29.1 Å².